The van der Waals surface area contributed by atoms with Crippen LogP contribution in [0.15, 0.2) is 0 Å². The van der Waals surface area contributed by atoms with Gasteiger partial charge in [-0.2, -0.15) is 11.8 Å². The molecule has 0 unspecified atom stereocenters. The Morgan fingerprint density at radius 1 is 0.582 bits per heavy atom. The van der Waals surface area contributed by atoms with Crippen LogP contribution in [0.1, 0.15) is 186 Å². The summed E-state index contributed by atoms with van der Waals surface area (Å²) in [4.78, 5) is 138. The number of carbonyl (C=O) groups excluding carboxylic acids is 10. The molecule has 1 aliphatic rings. The van der Waals surface area contributed by atoms with Crippen LogP contribution >= 0.6 is 11.8 Å². The first kappa shape index (κ1) is 72.0. The number of likely N-dealkylation sites (tertiary alicyclic amines) is 1. The highest BCUT2D eigenvalue weighted by Crippen LogP contribution is 2.21. The monoisotopic (exact) mass is 1140 g/mol. The van der Waals surface area contributed by atoms with Crippen LogP contribution in [0.5, 0.6) is 0 Å². The average molecular weight is 1140 g/mol. The third-order valence-corrected chi connectivity index (χ3v) is 14.2. The molecule has 11 N–H and O–H groups in total. The summed E-state index contributed by atoms with van der Waals surface area (Å²) in [5.74, 6) is -4.96. The normalized spacial score (nSPS) is 15.7. The Kier molecular flexibility index (Phi) is 33.1. The molecule has 1 saturated heterocycles. The van der Waals surface area contributed by atoms with Gasteiger partial charge in [-0.1, -0.05) is 80.1 Å². The van der Waals surface area contributed by atoms with E-state index in [9.17, 15) is 47.9 Å². The lowest BCUT2D eigenvalue weighted by molar-refractivity contribution is -0.140. The molecule has 0 bridgehead atoms. The molecule has 23 heteroatoms. The molecule has 0 aromatic carbocycles. The van der Waals surface area contributed by atoms with Crippen LogP contribution in [0.2, 0.25) is 0 Å². The molecule has 1 aliphatic heterocycles. The number of carbonyl (C=O) groups is 10. The van der Waals surface area contributed by atoms with Gasteiger partial charge in [0.2, 0.25) is 59.1 Å². The highest BCUT2D eigenvalue weighted by Gasteiger charge is 2.42. The van der Waals surface area contributed by atoms with Crippen molar-refractivity contribution >= 4 is 70.8 Å². The highest BCUT2D eigenvalue weighted by atomic mass is 32.2. The fourth-order valence-electron chi connectivity index (χ4n) is 8.84. The molecule has 454 valence electrons. The summed E-state index contributed by atoms with van der Waals surface area (Å²) in [5, 5.41) is 37.0. The number of unbranched alkanes of at least 4 members (excludes halogenated alkanes) is 5. The number of amides is 10. The van der Waals surface area contributed by atoms with Gasteiger partial charge >= 0.3 is 0 Å². The predicted octanol–water partition coefficient (Wildman–Crippen LogP) is 2.59. The fourth-order valence-corrected chi connectivity index (χ4v) is 9.31. The molecule has 0 aromatic heterocycles. The standard InChI is InChI=1S/C56H103N11O11S/c1-15-17-18-19-20-21-24-39(62-52(77)55(10,11)66-53(78)56(12,13)64-48(73)40(27-32-79-14)60-50(75)43-25-22-30-67(43)45(70)23-16-2)47(72)61-42(34-37(5)6)49(74)65-54(8,9)51(76)63-41(33-36(3)4)46(71)58-28-26-44(69)59-38(7)35-57-29-31-68/h36-43,57,68H,15-35H2,1-14H3,(H,58,71)(H,59,69)(H,60,75)(H,61,72)(H,62,77)(H,63,76)(H,64,73)(H,65,74)(H,66,78)/t38-,39-,40-,41-,42-,43-/m0/s1. The summed E-state index contributed by atoms with van der Waals surface area (Å²) in [6.45, 7) is 23.5. The van der Waals surface area contributed by atoms with Crippen molar-refractivity contribution in [2.75, 3.05) is 44.8 Å². The second-order valence-corrected chi connectivity index (χ2v) is 24.5. The quantitative estimate of drug-likeness (QED) is 0.0395. The van der Waals surface area contributed by atoms with Gasteiger partial charge < -0.3 is 63.2 Å². The van der Waals surface area contributed by atoms with E-state index in [-0.39, 0.29) is 74.9 Å². The summed E-state index contributed by atoms with van der Waals surface area (Å²) in [6.07, 6.45) is 10.2. The predicted molar refractivity (Wildman–Crippen MR) is 309 cm³/mol. The molecule has 1 fully saturated rings. The summed E-state index contributed by atoms with van der Waals surface area (Å²) in [5.41, 5.74) is -4.80. The lowest BCUT2D eigenvalue weighted by Gasteiger charge is -2.34. The van der Waals surface area contributed by atoms with E-state index in [0.29, 0.717) is 57.5 Å². The van der Waals surface area contributed by atoms with E-state index in [1.165, 1.54) is 53.3 Å². The molecule has 0 spiro atoms. The highest BCUT2D eigenvalue weighted by molar-refractivity contribution is 7.98. The number of thioether (sulfide) groups is 1. The molecule has 0 radical (unpaired) electrons. The Hall–Kier alpha value is -5.03. The van der Waals surface area contributed by atoms with Crippen molar-refractivity contribution in [3.05, 3.63) is 0 Å². The van der Waals surface area contributed by atoms with Gasteiger partial charge in [0, 0.05) is 45.1 Å². The fraction of sp³-hybridized carbons (Fsp3) is 0.821. The molecule has 6 atom stereocenters. The van der Waals surface area contributed by atoms with Crippen molar-refractivity contribution in [3.63, 3.8) is 0 Å². The van der Waals surface area contributed by atoms with E-state index >= 15 is 0 Å². The SMILES string of the molecule is CCCCCCCC[C@H](NC(=O)C(C)(C)NC(=O)C(C)(C)NC(=O)[C@H](CCSC)NC(=O)[C@@H]1CCCN1C(=O)CCC)C(=O)N[C@@H](CC(C)C)C(=O)NC(C)(C)C(=O)N[C@@H](CC(C)C)C(=O)NCCC(=O)N[C@@H](C)CNCCO. The minimum absolute atomic E-state index is 0.00484. The Morgan fingerprint density at radius 2 is 1.11 bits per heavy atom. The van der Waals surface area contributed by atoms with Crippen LogP contribution in [0, 0.1) is 11.8 Å². The van der Waals surface area contributed by atoms with Gasteiger partial charge in [-0.15, -0.1) is 0 Å². The van der Waals surface area contributed by atoms with Gasteiger partial charge in [0.25, 0.3) is 0 Å². The van der Waals surface area contributed by atoms with E-state index in [2.05, 4.69) is 60.1 Å². The van der Waals surface area contributed by atoms with Crippen LogP contribution in [-0.2, 0) is 47.9 Å². The summed E-state index contributed by atoms with van der Waals surface area (Å²) in [7, 11) is 0. The number of nitrogens with zero attached hydrogens (tertiary/aromatic N) is 1. The van der Waals surface area contributed by atoms with Gasteiger partial charge in [0.15, 0.2) is 0 Å². The van der Waals surface area contributed by atoms with Crippen molar-refractivity contribution in [2.45, 2.75) is 239 Å². The van der Waals surface area contributed by atoms with E-state index in [1.54, 1.807) is 4.90 Å². The molecule has 1 rings (SSSR count). The largest absolute Gasteiger partial charge is 0.395 e. The number of nitrogens with one attached hydrogen (secondary N) is 10. The molecule has 10 amide bonds. The average Bonchev–Trinajstić information content (AvgIpc) is 3.86. The van der Waals surface area contributed by atoms with Crippen LogP contribution < -0.4 is 53.2 Å². The van der Waals surface area contributed by atoms with Crippen LogP contribution in [0.25, 0.3) is 0 Å². The van der Waals surface area contributed by atoms with Crippen molar-refractivity contribution < 1.29 is 53.1 Å². The molecule has 0 aromatic rings. The molecule has 22 nitrogen and oxygen atoms in total. The minimum Gasteiger partial charge on any atom is -0.395 e. The maximum absolute atomic E-state index is 14.4. The zero-order chi connectivity index (χ0) is 60.1. The first-order valence-corrected chi connectivity index (χ1v) is 30.2. The second-order valence-electron chi connectivity index (χ2n) is 23.5. The smallest absolute Gasteiger partial charge is 0.246 e. The Bertz CT molecular complexity index is 1990. The molecular formula is C56H103N11O11S. The van der Waals surface area contributed by atoms with Crippen molar-refractivity contribution in [3.8, 4) is 0 Å². The number of aliphatic hydroxyl groups is 1. The Balaban J connectivity index is 3.25. The zero-order valence-electron chi connectivity index (χ0n) is 50.4. The van der Waals surface area contributed by atoms with Gasteiger partial charge in [-0.3, -0.25) is 47.9 Å². The van der Waals surface area contributed by atoms with E-state index < -0.39 is 94.1 Å². The summed E-state index contributed by atoms with van der Waals surface area (Å²) >= 11 is 1.48. The van der Waals surface area contributed by atoms with Gasteiger partial charge in [0.05, 0.1) is 6.61 Å². The van der Waals surface area contributed by atoms with E-state index in [1.807, 2.05) is 47.8 Å². The van der Waals surface area contributed by atoms with Crippen LogP contribution in [-0.4, -0.2) is 167 Å². The van der Waals surface area contributed by atoms with Gasteiger partial charge in [-0.05, 0) is 117 Å². The zero-order valence-corrected chi connectivity index (χ0v) is 51.2. The topological polar surface area (TPSA) is 314 Å². The minimum atomic E-state index is -1.63. The Labute approximate surface area is 476 Å². The Morgan fingerprint density at radius 3 is 1.68 bits per heavy atom. The number of hydrogen-bond acceptors (Lipinski definition) is 13. The van der Waals surface area contributed by atoms with E-state index in [4.69, 9.17) is 5.11 Å². The lowest BCUT2D eigenvalue weighted by Crippen LogP contribution is -2.66. The summed E-state index contributed by atoms with van der Waals surface area (Å²) < 4.78 is 0. The number of hydrogen-bond donors (Lipinski definition) is 11. The third-order valence-electron chi connectivity index (χ3n) is 13.5. The summed E-state index contributed by atoms with van der Waals surface area (Å²) in [6, 6.07) is -5.22. The van der Waals surface area contributed by atoms with Crippen molar-refractivity contribution in [1.82, 2.24) is 58.1 Å². The maximum atomic E-state index is 14.4. The molecule has 0 aliphatic carbocycles. The lowest BCUT2D eigenvalue weighted by atomic mass is 9.96. The molecule has 0 saturated carbocycles. The molecule has 79 heavy (non-hydrogen) atoms. The van der Waals surface area contributed by atoms with Gasteiger partial charge in [0.1, 0.15) is 46.8 Å². The second kappa shape index (κ2) is 36.3. The first-order chi connectivity index (χ1) is 37.0. The molecular weight excluding hydrogens is 1030 g/mol. The maximum Gasteiger partial charge on any atom is 0.246 e. The van der Waals surface area contributed by atoms with Crippen molar-refractivity contribution in [2.24, 2.45) is 11.8 Å². The molecule has 1 heterocycles. The van der Waals surface area contributed by atoms with Gasteiger partial charge in [-0.25, -0.2) is 0 Å². The van der Waals surface area contributed by atoms with Crippen molar-refractivity contribution in [1.29, 1.82) is 0 Å². The number of rotatable bonds is 39. The third kappa shape index (κ3) is 27.3. The first-order valence-electron chi connectivity index (χ1n) is 28.8. The number of aliphatic hydroxyl groups excluding tert-OH is 1. The van der Waals surface area contributed by atoms with Crippen LogP contribution in [0.4, 0.5) is 0 Å². The van der Waals surface area contributed by atoms with E-state index in [0.717, 1.165) is 32.1 Å². The van der Waals surface area contributed by atoms with Crippen LogP contribution in [0.3, 0.4) is 0 Å².